The van der Waals surface area contributed by atoms with Crippen LogP contribution in [0, 0.1) is 11.8 Å². The lowest BCUT2D eigenvalue weighted by Gasteiger charge is -2.32. The Hall–Kier alpha value is -0.570. The first-order chi connectivity index (χ1) is 7.19. The topological polar surface area (TPSA) is 55.1 Å². The zero-order valence-corrected chi connectivity index (χ0v) is 9.96. The molecular formula is C12H24N2O. The predicted molar refractivity (Wildman–Crippen MR) is 62.4 cm³/mol. The molecule has 1 amide bonds. The van der Waals surface area contributed by atoms with Gasteiger partial charge in [0.15, 0.2) is 0 Å². The van der Waals surface area contributed by atoms with Crippen LogP contribution in [0.25, 0.3) is 0 Å². The third-order valence-electron chi connectivity index (χ3n) is 3.60. The molecule has 3 atom stereocenters. The van der Waals surface area contributed by atoms with Crippen molar-refractivity contribution < 1.29 is 4.79 Å². The number of carbonyl (C=O) groups is 1. The van der Waals surface area contributed by atoms with E-state index in [-0.39, 0.29) is 11.8 Å². The number of hydrogen-bond acceptors (Lipinski definition) is 2. The summed E-state index contributed by atoms with van der Waals surface area (Å²) in [5.74, 6) is 0.819. The average Bonchev–Trinajstić information content (AvgIpc) is 2.28. The van der Waals surface area contributed by atoms with Crippen LogP contribution in [0.4, 0.5) is 0 Å². The molecule has 0 heterocycles. The highest BCUT2D eigenvalue weighted by Gasteiger charge is 2.26. The Morgan fingerprint density at radius 3 is 2.73 bits per heavy atom. The van der Waals surface area contributed by atoms with Gasteiger partial charge in [-0.3, -0.25) is 4.79 Å². The molecule has 0 aliphatic heterocycles. The van der Waals surface area contributed by atoms with Gasteiger partial charge in [-0.25, -0.2) is 0 Å². The van der Waals surface area contributed by atoms with E-state index in [0.717, 1.165) is 12.8 Å². The van der Waals surface area contributed by atoms with Crippen LogP contribution in [0.5, 0.6) is 0 Å². The van der Waals surface area contributed by atoms with Gasteiger partial charge in [0.2, 0.25) is 5.91 Å². The summed E-state index contributed by atoms with van der Waals surface area (Å²) >= 11 is 0. The summed E-state index contributed by atoms with van der Waals surface area (Å²) in [6.45, 7) is 4.73. The monoisotopic (exact) mass is 212 g/mol. The average molecular weight is 212 g/mol. The minimum absolute atomic E-state index is 0.130. The summed E-state index contributed by atoms with van der Waals surface area (Å²) in [7, 11) is 0. The van der Waals surface area contributed by atoms with Crippen LogP contribution in [0.1, 0.15) is 46.0 Å². The first-order valence-corrected chi connectivity index (χ1v) is 6.19. The second-order valence-electron chi connectivity index (χ2n) is 4.70. The Morgan fingerprint density at radius 2 is 2.13 bits per heavy atom. The highest BCUT2D eigenvalue weighted by Crippen LogP contribution is 2.23. The van der Waals surface area contributed by atoms with E-state index in [0.29, 0.717) is 18.5 Å². The molecule has 0 aromatic carbocycles. The van der Waals surface area contributed by atoms with Crippen LogP contribution in [-0.4, -0.2) is 18.5 Å². The van der Waals surface area contributed by atoms with E-state index >= 15 is 0 Å². The van der Waals surface area contributed by atoms with Crippen LogP contribution >= 0.6 is 0 Å². The molecule has 3 heteroatoms. The molecule has 0 spiro atoms. The Bertz CT molecular complexity index is 206. The highest BCUT2D eigenvalue weighted by molar-refractivity contribution is 5.78. The summed E-state index contributed by atoms with van der Waals surface area (Å²) in [6.07, 6.45) is 5.66. The highest BCUT2D eigenvalue weighted by atomic mass is 16.1. The molecule has 0 aromatic rings. The van der Waals surface area contributed by atoms with E-state index < -0.39 is 0 Å². The summed E-state index contributed by atoms with van der Waals surface area (Å²) in [6, 6.07) is 0.324. The molecule has 1 aliphatic rings. The van der Waals surface area contributed by atoms with E-state index in [2.05, 4.69) is 5.32 Å². The van der Waals surface area contributed by atoms with Crippen molar-refractivity contribution in [2.24, 2.45) is 17.6 Å². The van der Waals surface area contributed by atoms with Gasteiger partial charge >= 0.3 is 0 Å². The van der Waals surface area contributed by atoms with E-state index in [4.69, 9.17) is 5.73 Å². The molecular weight excluding hydrogens is 188 g/mol. The second-order valence-corrected chi connectivity index (χ2v) is 4.70. The molecule has 3 nitrogen and oxygen atoms in total. The minimum Gasteiger partial charge on any atom is -0.353 e. The van der Waals surface area contributed by atoms with E-state index in [1.807, 2.05) is 13.8 Å². The lowest BCUT2D eigenvalue weighted by Crippen LogP contribution is -2.46. The molecule has 3 N–H and O–H groups in total. The van der Waals surface area contributed by atoms with Gasteiger partial charge in [-0.15, -0.1) is 0 Å². The summed E-state index contributed by atoms with van der Waals surface area (Å²) in [5, 5.41) is 3.15. The normalized spacial score (nSPS) is 28.5. The van der Waals surface area contributed by atoms with Gasteiger partial charge in [-0.1, -0.05) is 26.7 Å². The number of amides is 1. The Kier molecular flexibility index (Phi) is 5.09. The molecule has 1 rings (SSSR count). The summed E-state index contributed by atoms with van der Waals surface area (Å²) in [4.78, 5) is 11.8. The third-order valence-corrected chi connectivity index (χ3v) is 3.60. The third kappa shape index (κ3) is 3.49. The Labute approximate surface area is 92.8 Å². The van der Waals surface area contributed by atoms with Crippen LogP contribution in [0.15, 0.2) is 0 Å². The van der Waals surface area contributed by atoms with Gasteiger partial charge in [0, 0.05) is 12.0 Å². The summed E-state index contributed by atoms with van der Waals surface area (Å²) < 4.78 is 0. The fourth-order valence-corrected chi connectivity index (χ4v) is 2.19. The lowest BCUT2D eigenvalue weighted by atomic mass is 9.84. The maximum Gasteiger partial charge on any atom is 0.223 e. The molecule has 1 fully saturated rings. The number of nitrogens with one attached hydrogen (secondary N) is 1. The van der Waals surface area contributed by atoms with Gasteiger partial charge in [-0.2, -0.15) is 0 Å². The number of hydrogen-bond donors (Lipinski definition) is 2. The molecule has 0 aromatic heterocycles. The predicted octanol–water partition coefficient (Wildman–Crippen LogP) is 1.67. The van der Waals surface area contributed by atoms with E-state index in [9.17, 15) is 4.79 Å². The fourth-order valence-electron chi connectivity index (χ4n) is 2.19. The van der Waals surface area contributed by atoms with Crippen molar-refractivity contribution in [2.75, 3.05) is 6.54 Å². The Morgan fingerprint density at radius 1 is 1.47 bits per heavy atom. The quantitative estimate of drug-likeness (QED) is 0.744. The SMILES string of the molecule is CCC(C)C(=O)NC1CCCCC1CN. The van der Waals surface area contributed by atoms with Crippen LogP contribution in [0.2, 0.25) is 0 Å². The van der Waals surface area contributed by atoms with Gasteiger partial charge in [0.1, 0.15) is 0 Å². The van der Waals surface area contributed by atoms with Crippen molar-refractivity contribution in [1.29, 1.82) is 0 Å². The maximum absolute atomic E-state index is 11.8. The van der Waals surface area contributed by atoms with Crippen LogP contribution in [0.3, 0.4) is 0 Å². The van der Waals surface area contributed by atoms with E-state index in [1.54, 1.807) is 0 Å². The maximum atomic E-state index is 11.8. The fraction of sp³-hybridized carbons (Fsp3) is 0.917. The second kappa shape index (κ2) is 6.11. The van der Waals surface area contributed by atoms with Gasteiger partial charge < -0.3 is 11.1 Å². The molecule has 1 aliphatic carbocycles. The Balaban J connectivity index is 2.44. The zero-order chi connectivity index (χ0) is 11.3. The van der Waals surface area contributed by atoms with Crippen LogP contribution in [-0.2, 0) is 4.79 Å². The molecule has 1 saturated carbocycles. The van der Waals surface area contributed by atoms with Gasteiger partial charge in [-0.05, 0) is 31.7 Å². The molecule has 0 radical (unpaired) electrons. The summed E-state index contributed by atoms with van der Waals surface area (Å²) in [5.41, 5.74) is 5.73. The first kappa shape index (κ1) is 12.5. The lowest BCUT2D eigenvalue weighted by molar-refractivity contribution is -0.125. The van der Waals surface area contributed by atoms with Crippen molar-refractivity contribution in [3.63, 3.8) is 0 Å². The number of nitrogens with two attached hydrogens (primary N) is 1. The molecule has 0 bridgehead atoms. The molecule has 3 unspecified atom stereocenters. The van der Waals surface area contributed by atoms with Crippen molar-refractivity contribution in [3.05, 3.63) is 0 Å². The van der Waals surface area contributed by atoms with Crippen molar-refractivity contribution in [1.82, 2.24) is 5.32 Å². The van der Waals surface area contributed by atoms with Crippen LogP contribution < -0.4 is 11.1 Å². The minimum atomic E-state index is 0.130. The molecule has 0 saturated heterocycles. The molecule has 88 valence electrons. The largest absolute Gasteiger partial charge is 0.353 e. The molecule has 15 heavy (non-hydrogen) atoms. The van der Waals surface area contributed by atoms with Crippen molar-refractivity contribution >= 4 is 5.91 Å². The standard InChI is InChI=1S/C12H24N2O/c1-3-9(2)12(15)14-11-7-5-4-6-10(11)8-13/h9-11H,3-8,13H2,1-2H3,(H,14,15). The number of carbonyl (C=O) groups excluding carboxylic acids is 1. The van der Waals surface area contributed by atoms with E-state index in [1.165, 1.54) is 19.3 Å². The van der Waals surface area contributed by atoms with Gasteiger partial charge in [0.25, 0.3) is 0 Å². The van der Waals surface area contributed by atoms with Gasteiger partial charge in [0.05, 0.1) is 0 Å². The number of rotatable bonds is 4. The smallest absolute Gasteiger partial charge is 0.223 e. The van der Waals surface area contributed by atoms with Crippen molar-refractivity contribution in [2.45, 2.75) is 52.0 Å². The first-order valence-electron chi connectivity index (χ1n) is 6.19. The van der Waals surface area contributed by atoms with Crippen molar-refractivity contribution in [3.8, 4) is 0 Å². The zero-order valence-electron chi connectivity index (χ0n) is 9.96.